The average Bonchev–Trinajstić information content (AvgIpc) is 2.64. The molecule has 0 saturated heterocycles. The molecule has 0 aromatic heterocycles. The van der Waals surface area contributed by atoms with Crippen molar-refractivity contribution in [2.24, 2.45) is 0 Å². The molecule has 2 aromatic carbocycles. The summed E-state index contributed by atoms with van der Waals surface area (Å²) in [4.78, 5) is 26.5. The number of carbonyl (C=O) groups is 2. The number of anilines is 2. The van der Waals surface area contributed by atoms with Crippen LogP contribution in [0.25, 0.3) is 0 Å². The fraction of sp³-hybridized carbons (Fsp3) is 0.391. The Bertz CT molecular complexity index is 805. The summed E-state index contributed by atoms with van der Waals surface area (Å²) in [6.07, 6.45) is 1.96. The Balaban J connectivity index is 2.14. The van der Waals surface area contributed by atoms with E-state index in [0.29, 0.717) is 6.54 Å². The summed E-state index contributed by atoms with van der Waals surface area (Å²) < 4.78 is 0. The van der Waals surface area contributed by atoms with Crippen LogP contribution in [0.2, 0.25) is 0 Å². The molecule has 0 atom stereocenters. The molecular formula is C23H30N2O2. The maximum atomic E-state index is 12.4. The molecule has 0 saturated carbocycles. The molecule has 0 bridgehead atoms. The first kappa shape index (κ1) is 20.7. The van der Waals surface area contributed by atoms with Crippen molar-refractivity contribution in [3.63, 3.8) is 0 Å². The molecule has 0 spiro atoms. The summed E-state index contributed by atoms with van der Waals surface area (Å²) in [5.41, 5.74) is 6.37. The van der Waals surface area contributed by atoms with Crippen molar-refractivity contribution in [1.29, 1.82) is 0 Å². The standard InChI is InChI=1S/C23H30N2O2/c1-6-19-9-8-10-20(7-2)23(19)25(18(5)26)14-13-22(27)24-21-12-11-16(3)17(4)15-21/h8-12,15H,6-7,13-14H2,1-5H3,(H,24,27). The molecule has 2 rings (SSSR count). The molecule has 1 N–H and O–H groups in total. The summed E-state index contributed by atoms with van der Waals surface area (Å²) in [7, 11) is 0. The minimum Gasteiger partial charge on any atom is -0.326 e. The number of rotatable bonds is 7. The third-order valence-corrected chi connectivity index (χ3v) is 4.97. The van der Waals surface area contributed by atoms with Crippen molar-refractivity contribution in [2.45, 2.75) is 53.9 Å². The average molecular weight is 367 g/mol. The van der Waals surface area contributed by atoms with E-state index in [0.717, 1.165) is 40.9 Å². The highest BCUT2D eigenvalue weighted by Crippen LogP contribution is 2.27. The van der Waals surface area contributed by atoms with Gasteiger partial charge in [-0.05, 0) is 61.1 Å². The molecule has 2 aromatic rings. The molecule has 0 aliphatic heterocycles. The van der Waals surface area contributed by atoms with E-state index < -0.39 is 0 Å². The van der Waals surface area contributed by atoms with Crippen molar-refractivity contribution < 1.29 is 9.59 Å². The minimum absolute atomic E-state index is 0.0374. The Morgan fingerprint density at radius 1 is 0.963 bits per heavy atom. The maximum absolute atomic E-state index is 12.4. The van der Waals surface area contributed by atoms with E-state index in [1.807, 2.05) is 38.1 Å². The van der Waals surface area contributed by atoms with Crippen LogP contribution in [0.15, 0.2) is 36.4 Å². The molecule has 0 heterocycles. The van der Waals surface area contributed by atoms with Gasteiger partial charge in [0.05, 0.1) is 0 Å². The van der Waals surface area contributed by atoms with Crippen molar-refractivity contribution >= 4 is 23.2 Å². The normalized spacial score (nSPS) is 10.6. The third kappa shape index (κ3) is 5.19. The highest BCUT2D eigenvalue weighted by molar-refractivity contribution is 5.96. The van der Waals surface area contributed by atoms with E-state index in [4.69, 9.17) is 0 Å². The van der Waals surface area contributed by atoms with Crippen LogP contribution in [0.4, 0.5) is 11.4 Å². The van der Waals surface area contributed by atoms with Crippen molar-refractivity contribution in [1.82, 2.24) is 0 Å². The summed E-state index contributed by atoms with van der Waals surface area (Å²) >= 11 is 0. The number of hydrogen-bond donors (Lipinski definition) is 1. The zero-order valence-corrected chi connectivity index (χ0v) is 17.1. The lowest BCUT2D eigenvalue weighted by atomic mass is 10.0. The molecule has 144 valence electrons. The molecule has 4 heteroatoms. The Hall–Kier alpha value is -2.62. The van der Waals surface area contributed by atoms with E-state index in [9.17, 15) is 9.59 Å². The van der Waals surface area contributed by atoms with Crippen LogP contribution in [-0.2, 0) is 22.4 Å². The molecule has 0 aliphatic rings. The van der Waals surface area contributed by atoms with Gasteiger partial charge in [-0.25, -0.2) is 0 Å². The number of para-hydroxylation sites is 1. The number of nitrogens with zero attached hydrogens (tertiary/aromatic N) is 1. The highest BCUT2D eigenvalue weighted by atomic mass is 16.2. The van der Waals surface area contributed by atoms with E-state index >= 15 is 0 Å². The number of aryl methyl sites for hydroxylation is 4. The van der Waals surface area contributed by atoms with Gasteiger partial charge in [0, 0.05) is 31.3 Å². The molecule has 2 amide bonds. The summed E-state index contributed by atoms with van der Waals surface area (Å²) in [5, 5.41) is 2.94. The Morgan fingerprint density at radius 3 is 2.11 bits per heavy atom. The molecule has 0 fully saturated rings. The van der Waals surface area contributed by atoms with Crippen molar-refractivity contribution in [3.8, 4) is 0 Å². The van der Waals surface area contributed by atoms with Gasteiger partial charge in [-0.1, -0.05) is 38.1 Å². The largest absolute Gasteiger partial charge is 0.326 e. The van der Waals surface area contributed by atoms with Gasteiger partial charge in [0.2, 0.25) is 11.8 Å². The van der Waals surface area contributed by atoms with Gasteiger partial charge in [-0.15, -0.1) is 0 Å². The fourth-order valence-electron chi connectivity index (χ4n) is 3.24. The summed E-state index contributed by atoms with van der Waals surface area (Å²) in [5.74, 6) is -0.124. The second-order valence-electron chi connectivity index (χ2n) is 6.90. The number of nitrogens with one attached hydrogen (secondary N) is 1. The molecule has 27 heavy (non-hydrogen) atoms. The lowest BCUT2D eigenvalue weighted by Gasteiger charge is -2.26. The van der Waals surface area contributed by atoms with E-state index in [1.54, 1.807) is 11.8 Å². The van der Waals surface area contributed by atoms with Crippen LogP contribution in [0.1, 0.15) is 49.4 Å². The molecule has 0 aliphatic carbocycles. The predicted molar refractivity (Wildman–Crippen MR) is 112 cm³/mol. The Morgan fingerprint density at radius 2 is 1.59 bits per heavy atom. The van der Waals surface area contributed by atoms with Crippen LogP contribution in [0.3, 0.4) is 0 Å². The number of hydrogen-bond acceptors (Lipinski definition) is 2. The zero-order chi connectivity index (χ0) is 20.0. The van der Waals surface area contributed by atoms with Crippen molar-refractivity contribution in [2.75, 3.05) is 16.8 Å². The minimum atomic E-state index is -0.0865. The number of carbonyl (C=O) groups excluding carboxylic acids is 2. The van der Waals surface area contributed by atoms with Crippen LogP contribution >= 0.6 is 0 Å². The number of amides is 2. The van der Waals surface area contributed by atoms with E-state index in [-0.39, 0.29) is 18.2 Å². The molecule has 0 unspecified atom stereocenters. The Kier molecular flexibility index (Phi) is 7.17. The molecule has 4 nitrogen and oxygen atoms in total. The smallest absolute Gasteiger partial charge is 0.226 e. The molecule has 0 radical (unpaired) electrons. The first-order valence-electron chi connectivity index (χ1n) is 9.63. The number of benzene rings is 2. The van der Waals surface area contributed by atoms with Crippen LogP contribution in [0.5, 0.6) is 0 Å². The summed E-state index contributed by atoms with van der Waals surface area (Å²) in [6.45, 7) is 10.2. The van der Waals surface area contributed by atoms with Gasteiger partial charge in [0.25, 0.3) is 0 Å². The monoisotopic (exact) mass is 366 g/mol. The lowest BCUT2D eigenvalue weighted by molar-refractivity contribution is -0.117. The van der Waals surface area contributed by atoms with Gasteiger partial charge in [0.15, 0.2) is 0 Å². The second kappa shape index (κ2) is 9.36. The first-order chi connectivity index (χ1) is 12.9. The van der Waals surface area contributed by atoms with Gasteiger partial charge >= 0.3 is 0 Å². The van der Waals surface area contributed by atoms with Gasteiger partial charge < -0.3 is 10.2 Å². The second-order valence-corrected chi connectivity index (χ2v) is 6.90. The van der Waals surface area contributed by atoms with E-state index in [2.05, 4.69) is 31.3 Å². The predicted octanol–water partition coefficient (Wildman–Crippen LogP) is 4.81. The molecular weight excluding hydrogens is 336 g/mol. The van der Waals surface area contributed by atoms with Crippen molar-refractivity contribution in [3.05, 3.63) is 58.7 Å². The lowest BCUT2D eigenvalue weighted by Crippen LogP contribution is -2.33. The Labute approximate surface area is 162 Å². The van der Waals surface area contributed by atoms with E-state index in [1.165, 1.54) is 5.56 Å². The fourth-order valence-corrected chi connectivity index (χ4v) is 3.24. The first-order valence-corrected chi connectivity index (χ1v) is 9.63. The van der Waals surface area contributed by atoms with Crippen LogP contribution in [-0.4, -0.2) is 18.4 Å². The quantitative estimate of drug-likeness (QED) is 0.764. The topological polar surface area (TPSA) is 49.4 Å². The van der Waals surface area contributed by atoms with Crippen LogP contribution in [0, 0.1) is 13.8 Å². The highest BCUT2D eigenvalue weighted by Gasteiger charge is 2.19. The third-order valence-electron chi connectivity index (χ3n) is 4.97. The summed E-state index contributed by atoms with van der Waals surface area (Å²) in [6, 6.07) is 12.0. The van der Waals surface area contributed by atoms with Crippen LogP contribution < -0.4 is 10.2 Å². The SMILES string of the molecule is CCc1cccc(CC)c1N(CCC(=O)Nc1ccc(C)c(C)c1)C(C)=O. The zero-order valence-electron chi connectivity index (χ0n) is 17.1. The van der Waals surface area contributed by atoms with Gasteiger partial charge in [0.1, 0.15) is 0 Å². The van der Waals surface area contributed by atoms with Gasteiger partial charge in [-0.2, -0.15) is 0 Å². The van der Waals surface area contributed by atoms with Gasteiger partial charge in [-0.3, -0.25) is 9.59 Å². The maximum Gasteiger partial charge on any atom is 0.226 e.